The lowest BCUT2D eigenvalue weighted by Crippen LogP contribution is -2.19. The quantitative estimate of drug-likeness (QED) is 0.856. The zero-order valence-corrected chi connectivity index (χ0v) is 13.9. The highest BCUT2D eigenvalue weighted by Gasteiger charge is 2.20. The summed E-state index contributed by atoms with van der Waals surface area (Å²) in [5, 5.41) is 0. The number of ether oxygens (including phenoxy) is 1. The molecule has 3 nitrogen and oxygen atoms in total. The molecule has 0 radical (unpaired) electrons. The maximum atomic E-state index is 6.06. The molecule has 0 aliphatic carbocycles. The summed E-state index contributed by atoms with van der Waals surface area (Å²) in [7, 11) is 1.68. The molecular weight excluding hydrogens is 328 g/mol. The SMILES string of the molecule is COc1ccc(CN2CCc3cc(C)c(N)cc32)cc1Br. The Balaban J connectivity index is 1.85. The van der Waals surface area contributed by atoms with Gasteiger partial charge in [-0.25, -0.2) is 0 Å². The van der Waals surface area contributed by atoms with Gasteiger partial charge in [0.1, 0.15) is 5.75 Å². The van der Waals surface area contributed by atoms with E-state index >= 15 is 0 Å². The minimum absolute atomic E-state index is 0.862. The summed E-state index contributed by atoms with van der Waals surface area (Å²) in [6.07, 6.45) is 1.09. The normalized spacial score (nSPS) is 13.4. The van der Waals surface area contributed by atoms with Crippen LogP contribution in [0.25, 0.3) is 0 Å². The van der Waals surface area contributed by atoms with Crippen molar-refractivity contribution in [2.75, 3.05) is 24.3 Å². The fraction of sp³-hybridized carbons (Fsp3) is 0.294. The van der Waals surface area contributed by atoms with Crippen LogP contribution in [0.1, 0.15) is 16.7 Å². The number of nitrogens with two attached hydrogens (primary N) is 1. The highest BCUT2D eigenvalue weighted by atomic mass is 79.9. The molecule has 0 aromatic heterocycles. The van der Waals surface area contributed by atoms with Gasteiger partial charge in [0.15, 0.2) is 0 Å². The van der Waals surface area contributed by atoms with E-state index in [1.165, 1.54) is 22.4 Å². The predicted octanol–water partition coefficient (Wildman–Crippen LogP) is 3.91. The number of hydrogen-bond acceptors (Lipinski definition) is 3. The molecule has 4 heteroatoms. The van der Waals surface area contributed by atoms with Gasteiger partial charge in [0, 0.05) is 24.5 Å². The molecule has 2 N–H and O–H groups in total. The first-order valence-electron chi connectivity index (χ1n) is 7.05. The average Bonchev–Trinajstić information content (AvgIpc) is 2.82. The molecule has 0 saturated heterocycles. The van der Waals surface area contributed by atoms with Crippen LogP contribution in [0.3, 0.4) is 0 Å². The van der Waals surface area contributed by atoms with Crippen molar-refractivity contribution >= 4 is 27.3 Å². The van der Waals surface area contributed by atoms with Crippen LogP contribution in [-0.2, 0) is 13.0 Å². The summed E-state index contributed by atoms with van der Waals surface area (Å²) in [4.78, 5) is 2.39. The van der Waals surface area contributed by atoms with Gasteiger partial charge in [0.2, 0.25) is 0 Å². The van der Waals surface area contributed by atoms with E-state index in [1.54, 1.807) is 7.11 Å². The first-order chi connectivity index (χ1) is 10.1. The van der Waals surface area contributed by atoms with E-state index in [0.29, 0.717) is 0 Å². The number of halogens is 1. The van der Waals surface area contributed by atoms with Crippen LogP contribution >= 0.6 is 15.9 Å². The van der Waals surface area contributed by atoms with Crippen molar-refractivity contribution in [3.05, 3.63) is 51.5 Å². The maximum Gasteiger partial charge on any atom is 0.133 e. The third-order valence-corrected chi connectivity index (χ3v) is 4.67. The number of methoxy groups -OCH3 is 1. The Morgan fingerprint density at radius 2 is 2.10 bits per heavy atom. The first-order valence-corrected chi connectivity index (χ1v) is 7.84. The summed E-state index contributed by atoms with van der Waals surface area (Å²) in [6, 6.07) is 10.6. The Hall–Kier alpha value is -1.68. The lowest BCUT2D eigenvalue weighted by Gasteiger charge is -2.20. The summed E-state index contributed by atoms with van der Waals surface area (Å²) in [6.45, 7) is 4.00. The van der Waals surface area contributed by atoms with Gasteiger partial charge in [-0.05, 0) is 64.2 Å². The minimum Gasteiger partial charge on any atom is -0.496 e. The van der Waals surface area contributed by atoms with E-state index in [0.717, 1.165) is 35.4 Å². The Kier molecular flexibility index (Phi) is 3.81. The third-order valence-electron chi connectivity index (χ3n) is 4.05. The van der Waals surface area contributed by atoms with Gasteiger partial charge in [-0.2, -0.15) is 0 Å². The monoisotopic (exact) mass is 346 g/mol. The third kappa shape index (κ3) is 2.72. The summed E-state index contributed by atoms with van der Waals surface area (Å²) < 4.78 is 6.27. The number of fused-ring (bicyclic) bond motifs is 1. The van der Waals surface area contributed by atoms with E-state index in [2.05, 4.69) is 52.0 Å². The second-order valence-corrected chi connectivity index (χ2v) is 6.33. The molecule has 0 fully saturated rings. The predicted molar refractivity (Wildman–Crippen MR) is 91.0 cm³/mol. The zero-order chi connectivity index (χ0) is 15.0. The summed E-state index contributed by atoms with van der Waals surface area (Å²) in [5.74, 6) is 0.862. The summed E-state index contributed by atoms with van der Waals surface area (Å²) >= 11 is 3.55. The van der Waals surface area contributed by atoms with Crippen LogP contribution in [0.15, 0.2) is 34.8 Å². The molecule has 0 atom stereocenters. The van der Waals surface area contributed by atoms with Gasteiger partial charge in [0.05, 0.1) is 11.6 Å². The molecule has 0 amide bonds. The Labute approximate surface area is 133 Å². The topological polar surface area (TPSA) is 38.5 Å². The molecule has 1 heterocycles. The number of benzene rings is 2. The van der Waals surface area contributed by atoms with Gasteiger partial charge >= 0.3 is 0 Å². The summed E-state index contributed by atoms with van der Waals surface area (Å²) in [5.41, 5.74) is 12.0. The lowest BCUT2D eigenvalue weighted by atomic mass is 10.1. The number of aryl methyl sites for hydroxylation is 1. The Morgan fingerprint density at radius 1 is 1.29 bits per heavy atom. The standard InChI is InChI=1S/C17H19BrN2O/c1-11-7-13-5-6-20(16(13)9-15(11)19)10-12-3-4-17(21-2)14(18)8-12/h3-4,7-9H,5-6,10,19H2,1-2H3. The smallest absolute Gasteiger partial charge is 0.133 e. The number of hydrogen-bond donors (Lipinski definition) is 1. The van der Waals surface area contributed by atoms with Crippen molar-refractivity contribution in [2.45, 2.75) is 19.9 Å². The van der Waals surface area contributed by atoms with Gasteiger partial charge in [-0.3, -0.25) is 0 Å². The molecule has 0 saturated carbocycles. The van der Waals surface area contributed by atoms with Crippen LogP contribution in [0.2, 0.25) is 0 Å². The highest BCUT2D eigenvalue weighted by molar-refractivity contribution is 9.10. The van der Waals surface area contributed by atoms with Crippen molar-refractivity contribution in [1.29, 1.82) is 0 Å². The largest absolute Gasteiger partial charge is 0.496 e. The van der Waals surface area contributed by atoms with Gasteiger partial charge in [-0.1, -0.05) is 12.1 Å². The molecular formula is C17H19BrN2O. The van der Waals surface area contributed by atoms with Crippen LogP contribution in [-0.4, -0.2) is 13.7 Å². The molecule has 1 aliphatic heterocycles. The molecule has 2 aromatic carbocycles. The van der Waals surface area contributed by atoms with E-state index in [-0.39, 0.29) is 0 Å². The van der Waals surface area contributed by atoms with E-state index in [9.17, 15) is 0 Å². The fourth-order valence-electron chi connectivity index (χ4n) is 2.84. The van der Waals surface area contributed by atoms with Crippen molar-refractivity contribution in [2.24, 2.45) is 0 Å². The Bertz CT molecular complexity index is 685. The zero-order valence-electron chi connectivity index (χ0n) is 12.3. The molecule has 110 valence electrons. The van der Waals surface area contributed by atoms with E-state index in [4.69, 9.17) is 10.5 Å². The molecule has 1 aliphatic rings. The Morgan fingerprint density at radius 3 is 2.81 bits per heavy atom. The average molecular weight is 347 g/mol. The molecule has 0 spiro atoms. The fourth-order valence-corrected chi connectivity index (χ4v) is 3.42. The van der Waals surface area contributed by atoms with Crippen molar-refractivity contribution in [1.82, 2.24) is 0 Å². The van der Waals surface area contributed by atoms with Crippen LogP contribution in [0.4, 0.5) is 11.4 Å². The molecule has 21 heavy (non-hydrogen) atoms. The van der Waals surface area contributed by atoms with Crippen molar-refractivity contribution in [3.63, 3.8) is 0 Å². The maximum absolute atomic E-state index is 6.06. The van der Waals surface area contributed by atoms with Crippen molar-refractivity contribution in [3.8, 4) is 5.75 Å². The second-order valence-electron chi connectivity index (χ2n) is 5.48. The van der Waals surface area contributed by atoms with E-state index < -0.39 is 0 Å². The van der Waals surface area contributed by atoms with Gasteiger partial charge < -0.3 is 15.4 Å². The van der Waals surface area contributed by atoms with Crippen molar-refractivity contribution < 1.29 is 4.74 Å². The van der Waals surface area contributed by atoms with Crippen LogP contribution < -0.4 is 15.4 Å². The molecule has 2 aromatic rings. The van der Waals surface area contributed by atoms with Crippen LogP contribution in [0, 0.1) is 6.92 Å². The molecule has 0 unspecified atom stereocenters. The number of nitrogen functional groups attached to an aromatic ring is 1. The number of anilines is 2. The highest BCUT2D eigenvalue weighted by Crippen LogP contribution is 2.34. The van der Waals surface area contributed by atoms with Gasteiger partial charge in [-0.15, -0.1) is 0 Å². The van der Waals surface area contributed by atoms with E-state index in [1.807, 2.05) is 6.07 Å². The minimum atomic E-state index is 0.862. The number of nitrogens with zero attached hydrogens (tertiary/aromatic N) is 1. The lowest BCUT2D eigenvalue weighted by molar-refractivity contribution is 0.412. The van der Waals surface area contributed by atoms with Gasteiger partial charge in [0.25, 0.3) is 0 Å². The molecule has 0 bridgehead atoms. The second kappa shape index (κ2) is 5.60. The first kappa shape index (κ1) is 14.3. The van der Waals surface area contributed by atoms with Crippen LogP contribution in [0.5, 0.6) is 5.75 Å². The number of rotatable bonds is 3. The molecule has 3 rings (SSSR count).